The van der Waals surface area contributed by atoms with E-state index in [0.717, 1.165) is 0 Å². The van der Waals surface area contributed by atoms with Gasteiger partial charge in [0, 0.05) is 17.1 Å². The molecule has 0 aromatic carbocycles. The van der Waals surface area contributed by atoms with Crippen LogP contribution in [-0.4, -0.2) is 13.1 Å². The molecule has 0 aromatic rings. The molecule has 0 aliphatic rings. The van der Waals surface area contributed by atoms with E-state index < -0.39 is 0 Å². The minimum atomic E-state index is 0. The molecule has 0 aromatic heterocycles. The number of hydrogen-bond acceptors (Lipinski definition) is 2. The van der Waals surface area contributed by atoms with E-state index in [4.69, 9.17) is 4.79 Å². The van der Waals surface area contributed by atoms with Crippen molar-refractivity contribution in [1.82, 2.24) is 0 Å². The molecule has 0 amide bonds. The van der Waals surface area contributed by atoms with Crippen molar-refractivity contribution in [2.45, 2.75) is 6.92 Å². The van der Waals surface area contributed by atoms with Gasteiger partial charge in [-0.1, -0.05) is 0 Å². The molecule has 0 bridgehead atoms. The fourth-order valence-electron chi connectivity index (χ4n) is 0.0589. The zero-order valence-electron chi connectivity index (χ0n) is 3.33. The number of carbonyl (C=O) groups excluding carboxylic acids is 1. The van der Waals surface area contributed by atoms with Gasteiger partial charge in [-0.15, -0.1) is 0 Å². The van der Waals surface area contributed by atoms with E-state index in [0.29, 0.717) is 6.61 Å². The van der Waals surface area contributed by atoms with Crippen molar-refractivity contribution < 1.29 is 26.6 Å². The van der Waals surface area contributed by atoms with Gasteiger partial charge in [0.15, 0.2) is 0 Å². The van der Waals surface area contributed by atoms with Crippen LogP contribution in [0.5, 0.6) is 0 Å². The molecule has 0 rings (SSSR count). The van der Waals surface area contributed by atoms with Gasteiger partial charge in [0.25, 0.3) is 0 Å². The van der Waals surface area contributed by atoms with E-state index in [-0.39, 0.29) is 17.1 Å². The molecule has 0 fully saturated rings. The van der Waals surface area contributed by atoms with Crippen molar-refractivity contribution in [1.29, 1.82) is 0 Å². The SMILES string of the molecule is CCO[C]=O.[Cu]. The summed E-state index contributed by atoms with van der Waals surface area (Å²) in [6, 6.07) is 0. The molecule has 2 nitrogen and oxygen atoms in total. The molecule has 0 heterocycles. The third-order valence-corrected chi connectivity index (χ3v) is 0.203. The smallest absolute Gasteiger partial charge is 0.417 e. The van der Waals surface area contributed by atoms with E-state index in [1.165, 1.54) is 6.47 Å². The molecular formula is C3H5CuO2. The van der Waals surface area contributed by atoms with Crippen molar-refractivity contribution in [3.05, 3.63) is 0 Å². The van der Waals surface area contributed by atoms with Gasteiger partial charge in [-0.2, -0.15) is 0 Å². The zero-order valence-corrected chi connectivity index (χ0v) is 4.27. The predicted molar refractivity (Wildman–Crippen MR) is 17.3 cm³/mol. The maximum atomic E-state index is 9.06. The Kier molecular flexibility index (Phi) is 13.9. The standard InChI is InChI=1S/C3H5O2.Cu/c1-2-5-3-4;/h2H2,1H3;. The first-order valence-corrected chi connectivity index (χ1v) is 1.40. The first-order chi connectivity index (χ1) is 2.41. The summed E-state index contributed by atoms with van der Waals surface area (Å²) in [5.41, 5.74) is 0. The summed E-state index contributed by atoms with van der Waals surface area (Å²) < 4.78 is 4.03. The Morgan fingerprint density at radius 2 is 2.33 bits per heavy atom. The first kappa shape index (κ1) is 9.37. The summed E-state index contributed by atoms with van der Waals surface area (Å²) in [7, 11) is 0. The van der Waals surface area contributed by atoms with Crippen molar-refractivity contribution in [2.24, 2.45) is 0 Å². The van der Waals surface area contributed by atoms with E-state index >= 15 is 0 Å². The normalized spacial score (nSPS) is 5.50. The average molecular weight is 137 g/mol. The average Bonchev–Trinajstić information content (AvgIpc) is 1.41. The quantitative estimate of drug-likeness (QED) is 0.503. The Hall–Kier alpha value is -0.0105. The van der Waals surface area contributed by atoms with Crippen molar-refractivity contribution in [3.8, 4) is 0 Å². The third-order valence-electron chi connectivity index (χ3n) is 0.203. The maximum absolute atomic E-state index is 9.06. The van der Waals surface area contributed by atoms with E-state index in [2.05, 4.69) is 4.74 Å². The fourth-order valence-corrected chi connectivity index (χ4v) is 0.0589. The summed E-state index contributed by atoms with van der Waals surface area (Å²) >= 11 is 0. The van der Waals surface area contributed by atoms with Crippen LogP contribution in [0.25, 0.3) is 0 Å². The van der Waals surface area contributed by atoms with Gasteiger partial charge >= 0.3 is 6.47 Å². The molecule has 0 aliphatic heterocycles. The van der Waals surface area contributed by atoms with Gasteiger partial charge in [-0.3, -0.25) is 0 Å². The van der Waals surface area contributed by atoms with Crippen LogP contribution in [0.2, 0.25) is 0 Å². The van der Waals surface area contributed by atoms with E-state index in [9.17, 15) is 0 Å². The zero-order chi connectivity index (χ0) is 4.12. The van der Waals surface area contributed by atoms with Crippen LogP contribution in [0.1, 0.15) is 6.92 Å². The van der Waals surface area contributed by atoms with Crippen molar-refractivity contribution in [2.75, 3.05) is 6.61 Å². The molecule has 40 valence electrons. The van der Waals surface area contributed by atoms with E-state index in [1.54, 1.807) is 6.92 Å². The summed E-state index contributed by atoms with van der Waals surface area (Å²) in [6.45, 7) is 3.41. The van der Waals surface area contributed by atoms with Crippen LogP contribution in [0.3, 0.4) is 0 Å². The van der Waals surface area contributed by atoms with Gasteiger partial charge in [0.2, 0.25) is 0 Å². The molecule has 0 saturated carbocycles. The Labute approximate surface area is 47.3 Å². The Morgan fingerprint density at radius 1 is 1.83 bits per heavy atom. The summed E-state index contributed by atoms with van der Waals surface area (Å²) in [6.07, 6.45) is 0. The first-order valence-electron chi connectivity index (χ1n) is 1.40. The molecule has 2 radical (unpaired) electrons. The van der Waals surface area contributed by atoms with Crippen LogP contribution >= 0.6 is 0 Å². The Bertz CT molecular complexity index is 30.0. The monoisotopic (exact) mass is 136 g/mol. The van der Waals surface area contributed by atoms with Crippen LogP contribution in [0.4, 0.5) is 0 Å². The molecular weight excluding hydrogens is 132 g/mol. The number of hydrogen-bond donors (Lipinski definition) is 0. The van der Waals surface area contributed by atoms with Crippen molar-refractivity contribution >= 4 is 6.47 Å². The van der Waals surface area contributed by atoms with E-state index in [1.807, 2.05) is 0 Å². The summed E-state index contributed by atoms with van der Waals surface area (Å²) in [4.78, 5) is 9.06. The largest absolute Gasteiger partial charge is 0.458 e. The Morgan fingerprint density at radius 3 is 2.33 bits per heavy atom. The molecule has 3 heteroatoms. The third kappa shape index (κ3) is 9.01. The Balaban J connectivity index is 0. The molecule has 6 heavy (non-hydrogen) atoms. The van der Waals surface area contributed by atoms with Crippen LogP contribution in [-0.2, 0) is 26.6 Å². The molecule has 0 saturated heterocycles. The second-order valence-electron chi connectivity index (χ2n) is 0.516. The minimum Gasteiger partial charge on any atom is -0.458 e. The molecule has 0 N–H and O–H groups in total. The van der Waals surface area contributed by atoms with Gasteiger partial charge in [0.1, 0.15) is 0 Å². The van der Waals surface area contributed by atoms with Gasteiger partial charge in [-0.05, 0) is 6.92 Å². The molecule has 0 spiro atoms. The predicted octanol–water partition coefficient (Wildman–Crippen LogP) is 0.0876. The van der Waals surface area contributed by atoms with Crippen LogP contribution in [0, 0.1) is 0 Å². The fraction of sp³-hybridized carbons (Fsp3) is 0.667. The van der Waals surface area contributed by atoms with Gasteiger partial charge in [-0.25, -0.2) is 4.79 Å². The maximum Gasteiger partial charge on any atom is 0.417 e. The summed E-state index contributed by atoms with van der Waals surface area (Å²) in [5, 5.41) is 0. The molecule has 0 atom stereocenters. The van der Waals surface area contributed by atoms with Crippen LogP contribution < -0.4 is 0 Å². The topological polar surface area (TPSA) is 26.3 Å². The molecule has 0 unspecified atom stereocenters. The van der Waals surface area contributed by atoms with Gasteiger partial charge in [0.05, 0.1) is 6.61 Å². The second-order valence-corrected chi connectivity index (χ2v) is 0.516. The van der Waals surface area contributed by atoms with Crippen LogP contribution in [0.15, 0.2) is 0 Å². The van der Waals surface area contributed by atoms with Gasteiger partial charge < -0.3 is 4.74 Å². The number of rotatable bonds is 2. The second kappa shape index (κ2) is 8.89. The summed E-state index contributed by atoms with van der Waals surface area (Å²) in [5.74, 6) is 0. The number of ether oxygens (including phenoxy) is 1. The minimum absolute atomic E-state index is 0. The van der Waals surface area contributed by atoms with Crippen molar-refractivity contribution in [3.63, 3.8) is 0 Å². The molecule has 0 aliphatic carbocycles.